The van der Waals surface area contributed by atoms with Gasteiger partial charge in [-0.05, 0) is 36.9 Å². The summed E-state index contributed by atoms with van der Waals surface area (Å²) in [6.07, 6.45) is 6.28. The van der Waals surface area contributed by atoms with Gasteiger partial charge in [-0.25, -0.2) is 0 Å². The van der Waals surface area contributed by atoms with Crippen molar-refractivity contribution >= 4 is 17.7 Å². The molecule has 1 aliphatic rings. The van der Waals surface area contributed by atoms with Crippen molar-refractivity contribution in [3.8, 4) is 0 Å². The smallest absolute Gasteiger partial charge is 0.253 e. The summed E-state index contributed by atoms with van der Waals surface area (Å²) in [4.78, 5) is 17.2. The molecular formula is C14H16N4OS. The highest BCUT2D eigenvalue weighted by molar-refractivity contribution is 7.98. The van der Waals surface area contributed by atoms with Crippen molar-refractivity contribution in [2.75, 3.05) is 19.3 Å². The molecule has 0 N–H and O–H groups in total. The highest BCUT2D eigenvalue weighted by Gasteiger charge is 2.28. The van der Waals surface area contributed by atoms with Crippen molar-refractivity contribution in [1.82, 2.24) is 19.9 Å². The van der Waals surface area contributed by atoms with Crippen molar-refractivity contribution in [2.24, 2.45) is 0 Å². The molecule has 0 radical (unpaired) electrons. The third-order valence-corrected chi connectivity index (χ3v) is 4.29. The lowest BCUT2D eigenvalue weighted by atomic mass is 10.2. The molecule has 1 aromatic heterocycles. The quantitative estimate of drug-likeness (QED) is 0.812. The van der Waals surface area contributed by atoms with Crippen molar-refractivity contribution < 1.29 is 4.79 Å². The average Bonchev–Trinajstić information content (AvgIpc) is 3.17. The molecule has 104 valence electrons. The molecule has 2 heterocycles. The summed E-state index contributed by atoms with van der Waals surface area (Å²) in [6.45, 7) is 1.44. The lowest BCUT2D eigenvalue weighted by Gasteiger charge is -2.16. The predicted molar refractivity (Wildman–Crippen MR) is 77.8 cm³/mol. The van der Waals surface area contributed by atoms with Gasteiger partial charge >= 0.3 is 0 Å². The van der Waals surface area contributed by atoms with Crippen molar-refractivity contribution in [2.45, 2.75) is 17.4 Å². The maximum absolute atomic E-state index is 12.4. The number of rotatable bonds is 3. The van der Waals surface area contributed by atoms with E-state index in [9.17, 15) is 4.79 Å². The monoisotopic (exact) mass is 288 g/mol. The molecule has 1 unspecified atom stereocenters. The minimum Gasteiger partial charge on any atom is -0.336 e. The third-order valence-electron chi connectivity index (χ3n) is 3.55. The number of nitrogens with zero attached hydrogens (tertiary/aromatic N) is 4. The topological polar surface area (TPSA) is 51.0 Å². The number of hydrogen-bond donors (Lipinski definition) is 0. The van der Waals surface area contributed by atoms with Gasteiger partial charge < -0.3 is 4.90 Å². The zero-order valence-electron chi connectivity index (χ0n) is 11.3. The van der Waals surface area contributed by atoms with Crippen LogP contribution in [0.3, 0.4) is 0 Å². The second-order valence-corrected chi connectivity index (χ2v) is 5.65. The summed E-state index contributed by atoms with van der Waals surface area (Å²) in [5.41, 5.74) is 0.747. The molecule has 5 nitrogen and oxygen atoms in total. The first-order valence-electron chi connectivity index (χ1n) is 6.57. The van der Waals surface area contributed by atoms with Gasteiger partial charge in [-0.15, -0.1) is 11.8 Å². The number of carbonyl (C=O) groups is 1. The lowest BCUT2D eigenvalue weighted by molar-refractivity contribution is 0.0786. The molecule has 6 heteroatoms. The molecule has 3 rings (SSSR count). The summed E-state index contributed by atoms with van der Waals surface area (Å²) < 4.78 is 0. The van der Waals surface area contributed by atoms with Gasteiger partial charge in [-0.1, -0.05) is 0 Å². The number of benzene rings is 1. The fourth-order valence-corrected chi connectivity index (χ4v) is 2.85. The average molecular weight is 288 g/mol. The number of aromatic nitrogens is 3. The van der Waals surface area contributed by atoms with Gasteiger partial charge in [0.05, 0.1) is 18.4 Å². The van der Waals surface area contributed by atoms with E-state index in [1.54, 1.807) is 29.0 Å². The molecule has 1 aliphatic heterocycles. The van der Waals surface area contributed by atoms with Crippen molar-refractivity contribution in [3.05, 3.63) is 42.2 Å². The zero-order chi connectivity index (χ0) is 13.9. The number of carbonyl (C=O) groups excluding carboxylic acids is 1. The van der Waals surface area contributed by atoms with Gasteiger partial charge in [0.25, 0.3) is 5.91 Å². The van der Waals surface area contributed by atoms with Crippen LogP contribution in [0, 0.1) is 0 Å². The van der Waals surface area contributed by atoms with E-state index in [2.05, 4.69) is 10.2 Å². The Morgan fingerprint density at radius 3 is 2.60 bits per heavy atom. The number of hydrogen-bond acceptors (Lipinski definition) is 4. The van der Waals surface area contributed by atoms with Crippen molar-refractivity contribution in [3.63, 3.8) is 0 Å². The van der Waals surface area contributed by atoms with Crippen LogP contribution in [-0.2, 0) is 0 Å². The lowest BCUT2D eigenvalue weighted by Crippen LogP contribution is -2.29. The van der Waals surface area contributed by atoms with Crippen LogP contribution in [0.1, 0.15) is 22.8 Å². The van der Waals surface area contributed by atoms with Gasteiger partial charge in [0.15, 0.2) is 0 Å². The Bertz CT molecular complexity index is 582. The van der Waals surface area contributed by atoms with Gasteiger partial charge in [-0.3, -0.25) is 4.79 Å². The first kappa shape index (κ1) is 13.2. The van der Waals surface area contributed by atoms with E-state index < -0.39 is 0 Å². The Morgan fingerprint density at radius 2 is 1.95 bits per heavy atom. The molecule has 1 saturated heterocycles. The van der Waals surface area contributed by atoms with E-state index in [1.807, 2.05) is 35.4 Å². The van der Waals surface area contributed by atoms with E-state index in [-0.39, 0.29) is 11.9 Å². The zero-order valence-corrected chi connectivity index (χ0v) is 12.1. The molecule has 1 amide bonds. The van der Waals surface area contributed by atoms with E-state index >= 15 is 0 Å². The van der Waals surface area contributed by atoms with E-state index in [4.69, 9.17) is 0 Å². The number of amides is 1. The summed E-state index contributed by atoms with van der Waals surface area (Å²) in [5.74, 6) is 0.0901. The fourth-order valence-electron chi connectivity index (χ4n) is 2.45. The minimum absolute atomic E-state index is 0.0901. The second-order valence-electron chi connectivity index (χ2n) is 4.77. The summed E-state index contributed by atoms with van der Waals surface area (Å²) in [5, 5.41) is 8.30. The molecule has 1 fully saturated rings. The van der Waals surface area contributed by atoms with Crippen LogP contribution < -0.4 is 0 Å². The Kier molecular flexibility index (Phi) is 3.73. The summed E-state index contributed by atoms with van der Waals surface area (Å²) in [7, 11) is 0. The van der Waals surface area contributed by atoms with Crippen LogP contribution in [0.15, 0.2) is 41.6 Å². The maximum Gasteiger partial charge on any atom is 0.253 e. The molecule has 2 aromatic rings. The predicted octanol–water partition coefficient (Wildman–Crippen LogP) is 2.09. The number of thioether (sulfide) groups is 1. The standard InChI is InChI=1S/C14H16N4OS/c1-20-13-4-2-11(3-5-13)14(19)17-9-6-12(10-17)18-15-7-8-16-18/h2-5,7-8,12H,6,9-10H2,1H3. The highest BCUT2D eigenvalue weighted by atomic mass is 32.2. The molecule has 0 bridgehead atoms. The van der Waals surface area contributed by atoms with Crippen LogP contribution in [0.25, 0.3) is 0 Å². The van der Waals surface area contributed by atoms with Gasteiger partial charge in [0.2, 0.25) is 0 Å². The largest absolute Gasteiger partial charge is 0.336 e. The van der Waals surface area contributed by atoms with Crippen molar-refractivity contribution in [1.29, 1.82) is 0 Å². The van der Waals surface area contributed by atoms with E-state index in [1.165, 1.54) is 4.90 Å². The van der Waals surface area contributed by atoms with Crippen LogP contribution in [0.2, 0.25) is 0 Å². The van der Waals surface area contributed by atoms with Crippen LogP contribution in [0.4, 0.5) is 0 Å². The first-order chi connectivity index (χ1) is 9.78. The van der Waals surface area contributed by atoms with Gasteiger partial charge in [0.1, 0.15) is 0 Å². The molecule has 20 heavy (non-hydrogen) atoms. The molecule has 0 spiro atoms. The maximum atomic E-state index is 12.4. The third kappa shape index (κ3) is 2.56. The second kappa shape index (κ2) is 5.66. The molecule has 1 atom stereocenters. The summed E-state index contributed by atoms with van der Waals surface area (Å²) in [6, 6.07) is 7.96. The van der Waals surface area contributed by atoms with E-state index in [0.717, 1.165) is 18.5 Å². The Balaban J connectivity index is 1.69. The Labute approximate surface area is 122 Å². The van der Waals surface area contributed by atoms with Crippen LogP contribution in [-0.4, -0.2) is 45.1 Å². The summed E-state index contributed by atoms with van der Waals surface area (Å²) >= 11 is 1.68. The highest BCUT2D eigenvalue weighted by Crippen LogP contribution is 2.22. The number of likely N-dealkylation sites (tertiary alicyclic amines) is 1. The van der Waals surface area contributed by atoms with Gasteiger partial charge in [-0.2, -0.15) is 15.0 Å². The molecule has 0 aliphatic carbocycles. The Hall–Kier alpha value is -1.82. The van der Waals surface area contributed by atoms with Crippen LogP contribution >= 0.6 is 11.8 Å². The minimum atomic E-state index is 0.0901. The first-order valence-corrected chi connectivity index (χ1v) is 7.79. The fraction of sp³-hybridized carbons (Fsp3) is 0.357. The van der Waals surface area contributed by atoms with Gasteiger partial charge in [0, 0.05) is 23.5 Å². The van der Waals surface area contributed by atoms with E-state index in [0.29, 0.717) is 6.54 Å². The SMILES string of the molecule is CSc1ccc(C(=O)N2CCC(n3nccn3)C2)cc1. The molecule has 0 saturated carbocycles. The normalized spacial score (nSPS) is 18.4. The molecular weight excluding hydrogens is 272 g/mol. The molecule has 1 aromatic carbocycles. The Morgan fingerprint density at radius 1 is 1.25 bits per heavy atom. The van der Waals surface area contributed by atoms with Crippen LogP contribution in [0.5, 0.6) is 0 Å².